The molecular weight excluding hydrogens is 330 g/mol. The van der Waals surface area contributed by atoms with Gasteiger partial charge in [-0.2, -0.15) is 0 Å². The van der Waals surface area contributed by atoms with Crippen molar-refractivity contribution >= 4 is 9.52 Å². The summed E-state index contributed by atoms with van der Waals surface area (Å²) in [7, 11) is -0.759. The Labute approximate surface area is 143 Å². The Balaban J connectivity index is 3.08. The molecule has 9 heteroatoms. The topological polar surface area (TPSA) is 106 Å². The van der Waals surface area contributed by atoms with Crippen LogP contribution in [0.25, 0.3) is 0 Å². The molecule has 0 saturated carbocycles. The van der Waals surface area contributed by atoms with Crippen LogP contribution in [-0.4, -0.2) is 41.7 Å². The lowest BCUT2D eigenvalue weighted by Gasteiger charge is -2.37. The van der Waals surface area contributed by atoms with Crippen LogP contribution < -0.4 is 17.1 Å². The van der Waals surface area contributed by atoms with E-state index < -0.39 is 32.0 Å². The van der Waals surface area contributed by atoms with Gasteiger partial charge in [-0.3, -0.25) is 9.97 Å². The van der Waals surface area contributed by atoms with Crippen LogP contribution in [0, 0.1) is 0 Å². The molecule has 0 unspecified atom stereocenters. The number of aromatic amines is 2. The molecule has 8 nitrogen and oxygen atoms in total. The Kier molecular flexibility index (Phi) is 7.84. The van der Waals surface area contributed by atoms with Crippen molar-refractivity contribution in [2.45, 2.75) is 77.7 Å². The Bertz CT molecular complexity index is 632. The highest BCUT2D eigenvalue weighted by Gasteiger charge is 2.34. The number of ether oxygens (including phenoxy) is 2. The quantitative estimate of drug-likeness (QED) is 0.456. The summed E-state index contributed by atoms with van der Waals surface area (Å²) in [6.45, 7) is 10.0. The molecule has 1 heterocycles. The molecule has 24 heavy (non-hydrogen) atoms. The number of hydrogen-bond acceptors (Lipinski definition) is 5. The van der Waals surface area contributed by atoms with Crippen molar-refractivity contribution in [2.75, 3.05) is 0 Å². The first kappa shape index (κ1) is 20.6. The van der Waals surface area contributed by atoms with Crippen molar-refractivity contribution in [3.05, 3.63) is 31.5 Å². The Hall–Kier alpha value is -1.45. The molecule has 0 spiro atoms. The second-order valence-corrected chi connectivity index (χ2v) is 8.72. The number of rotatable bonds is 10. The summed E-state index contributed by atoms with van der Waals surface area (Å²) in [6.07, 6.45) is 1.37. The van der Waals surface area contributed by atoms with Gasteiger partial charge >= 0.3 is 17.1 Å². The molecule has 0 saturated heterocycles. The average Bonchev–Trinajstić information content (AvgIpc) is 2.42. The predicted octanol–water partition coefficient (Wildman–Crippen LogP) is 0.116. The lowest BCUT2D eigenvalue weighted by molar-refractivity contribution is -0.221. The van der Waals surface area contributed by atoms with Gasteiger partial charge in [-0.25, -0.2) is 19.0 Å². The van der Waals surface area contributed by atoms with Gasteiger partial charge in [-0.05, 0) is 27.7 Å². The Morgan fingerprint density at radius 2 is 1.54 bits per heavy atom. The molecule has 0 aliphatic carbocycles. The summed E-state index contributed by atoms with van der Waals surface area (Å²) in [4.78, 5) is 39.0. The fraction of sp³-hybridized carbons (Fsp3) is 0.800. The Morgan fingerprint density at radius 1 is 1.04 bits per heavy atom. The summed E-state index contributed by atoms with van der Waals surface area (Å²) in [5, 5.41) is 0. The van der Waals surface area contributed by atoms with E-state index in [1.807, 2.05) is 27.7 Å². The minimum atomic E-state index is -0.801. The molecule has 0 aliphatic rings. The van der Waals surface area contributed by atoms with Crippen molar-refractivity contribution in [3.63, 3.8) is 0 Å². The lowest BCUT2D eigenvalue weighted by Crippen LogP contribution is -2.49. The normalized spacial score (nSPS) is 12.8. The van der Waals surface area contributed by atoms with Crippen molar-refractivity contribution in [2.24, 2.45) is 0 Å². The number of aromatic nitrogens is 3. The maximum atomic E-state index is 11.9. The molecule has 0 aromatic carbocycles. The minimum Gasteiger partial charge on any atom is -0.352 e. The standard InChI is InChI=1S/C15H29N3O5Si/c1-6-9-24-15(22-10(2)3,23-11(4)5)7-8-18-13(20)16-12(19)17-14(18)21/h10-11H,6-9,24H2,1-5H3,(H2,16,17,19,20,21). The SMILES string of the molecule is CCC[SiH2]C(CCn1c(=O)[nH]c(=O)[nH]c1=O)(OC(C)C)OC(C)C. The third-order valence-corrected chi connectivity index (χ3v) is 5.97. The van der Waals surface area contributed by atoms with Gasteiger partial charge in [0.15, 0.2) is 0 Å². The van der Waals surface area contributed by atoms with Crippen LogP contribution in [-0.2, 0) is 16.0 Å². The molecule has 0 amide bonds. The van der Waals surface area contributed by atoms with Gasteiger partial charge in [0.05, 0.1) is 21.7 Å². The lowest BCUT2D eigenvalue weighted by atomic mass is 10.3. The van der Waals surface area contributed by atoms with Crippen LogP contribution >= 0.6 is 0 Å². The van der Waals surface area contributed by atoms with E-state index in [-0.39, 0.29) is 18.8 Å². The molecule has 0 atom stereocenters. The maximum Gasteiger partial charge on any atom is 0.333 e. The molecule has 1 rings (SSSR count). The monoisotopic (exact) mass is 359 g/mol. The fourth-order valence-corrected chi connectivity index (χ4v) is 4.83. The van der Waals surface area contributed by atoms with E-state index >= 15 is 0 Å². The number of H-pyrrole nitrogens is 2. The summed E-state index contributed by atoms with van der Waals surface area (Å²) in [5.41, 5.74) is -2.97. The zero-order valence-electron chi connectivity index (χ0n) is 15.2. The molecular formula is C15H29N3O5Si. The van der Waals surface area contributed by atoms with Gasteiger partial charge in [0.2, 0.25) is 0 Å². The second-order valence-electron chi connectivity index (χ2n) is 6.44. The van der Waals surface area contributed by atoms with Crippen molar-refractivity contribution in [1.82, 2.24) is 14.5 Å². The highest BCUT2D eigenvalue weighted by Crippen LogP contribution is 2.23. The van der Waals surface area contributed by atoms with E-state index in [0.29, 0.717) is 6.42 Å². The highest BCUT2D eigenvalue weighted by atomic mass is 28.2. The van der Waals surface area contributed by atoms with Gasteiger partial charge in [-0.1, -0.05) is 19.4 Å². The van der Waals surface area contributed by atoms with E-state index in [1.54, 1.807) is 0 Å². The first-order valence-corrected chi connectivity index (χ1v) is 10.2. The van der Waals surface area contributed by atoms with Crippen LogP contribution in [0.4, 0.5) is 0 Å². The smallest absolute Gasteiger partial charge is 0.333 e. The third kappa shape index (κ3) is 6.21. The maximum absolute atomic E-state index is 11.9. The van der Waals surface area contributed by atoms with Gasteiger partial charge < -0.3 is 9.47 Å². The zero-order chi connectivity index (χ0) is 18.3. The molecule has 2 N–H and O–H groups in total. The van der Waals surface area contributed by atoms with Crippen LogP contribution in [0.2, 0.25) is 6.04 Å². The van der Waals surface area contributed by atoms with Gasteiger partial charge in [-0.15, -0.1) is 0 Å². The summed E-state index contributed by atoms with van der Waals surface area (Å²) in [6, 6.07) is 1.04. The van der Waals surface area contributed by atoms with E-state index in [2.05, 4.69) is 16.9 Å². The van der Waals surface area contributed by atoms with Crippen LogP contribution in [0.15, 0.2) is 14.4 Å². The molecule has 0 radical (unpaired) electrons. The first-order chi connectivity index (χ1) is 11.2. The summed E-state index contributed by atoms with van der Waals surface area (Å²) >= 11 is 0. The fourth-order valence-electron chi connectivity index (χ4n) is 2.63. The molecule has 0 aliphatic heterocycles. The van der Waals surface area contributed by atoms with Crippen LogP contribution in [0.3, 0.4) is 0 Å². The van der Waals surface area contributed by atoms with E-state index in [9.17, 15) is 14.4 Å². The number of nitrogens with one attached hydrogen (secondary N) is 2. The van der Waals surface area contributed by atoms with E-state index in [4.69, 9.17) is 9.47 Å². The largest absolute Gasteiger partial charge is 0.352 e. The zero-order valence-corrected chi connectivity index (χ0v) is 16.6. The second kappa shape index (κ2) is 9.14. The van der Waals surface area contributed by atoms with Gasteiger partial charge in [0.25, 0.3) is 0 Å². The molecule has 1 aromatic rings. The first-order valence-electron chi connectivity index (χ1n) is 8.48. The van der Waals surface area contributed by atoms with Crippen LogP contribution in [0.1, 0.15) is 47.5 Å². The van der Waals surface area contributed by atoms with Crippen LogP contribution in [0.5, 0.6) is 0 Å². The van der Waals surface area contributed by atoms with E-state index in [0.717, 1.165) is 17.0 Å². The Morgan fingerprint density at radius 3 is 1.96 bits per heavy atom. The van der Waals surface area contributed by atoms with E-state index in [1.165, 1.54) is 0 Å². The highest BCUT2D eigenvalue weighted by molar-refractivity contribution is 6.38. The minimum absolute atomic E-state index is 0.0290. The van der Waals surface area contributed by atoms with Crippen molar-refractivity contribution in [1.29, 1.82) is 0 Å². The number of hydrogen-bond donors (Lipinski definition) is 2. The van der Waals surface area contributed by atoms with Gasteiger partial charge in [0.1, 0.15) is 5.41 Å². The average molecular weight is 359 g/mol. The number of nitrogens with zero attached hydrogens (tertiary/aromatic N) is 1. The van der Waals surface area contributed by atoms with Crippen molar-refractivity contribution < 1.29 is 9.47 Å². The summed E-state index contributed by atoms with van der Waals surface area (Å²) < 4.78 is 13.2. The molecule has 138 valence electrons. The molecule has 1 aromatic heterocycles. The summed E-state index contributed by atoms with van der Waals surface area (Å²) in [5.74, 6) is 0. The molecule has 0 fully saturated rings. The third-order valence-electron chi connectivity index (χ3n) is 3.46. The molecule has 0 bridgehead atoms. The van der Waals surface area contributed by atoms with Crippen molar-refractivity contribution in [3.8, 4) is 0 Å². The predicted molar refractivity (Wildman–Crippen MR) is 95.4 cm³/mol. The van der Waals surface area contributed by atoms with Gasteiger partial charge in [0, 0.05) is 13.0 Å².